The summed E-state index contributed by atoms with van der Waals surface area (Å²) in [6.45, 7) is 11.4. The highest BCUT2D eigenvalue weighted by Crippen LogP contribution is 2.28. The molecule has 0 aliphatic carbocycles. The van der Waals surface area contributed by atoms with Crippen LogP contribution < -0.4 is 10.1 Å². The van der Waals surface area contributed by atoms with Crippen molar-refractivity contribution in [3.63, 3.8) is 0 Å². The van der Waals surface area contributed by atoms with Crippen LogP contribution in [-0.4, -0.2) is 43.7 Å². The van der Waals surface area contributed by atoms with Gasteiger partial charge in [0.1, 0.15) is 11.9 Å². The van der Waals surface area contributed by atoms with Crippen LogP contribution in [0.15, 0.2) is 18.2 Å². The summed E-state index contributed by atoms with van der Waals surface area (Å²) in [4.78, 5) is 2.38. The van der Waals surface area contributed by atoms with Crippen LogP contribution in [0.1, 0.15) is 20.8 Å². The second-order valence-corrected chi connectivity index (χ2v) is 5.58. The molecule has 1 rings (SSSR count). The van der Waals surface area contributed by atoms with Gasteiger partial charge in [-0.05, 0) is 38.2 Å². The van der Waals surface area contributed by atoms with Gasteiger partial charge in [-0.1, -0.05) is 37.0 Å². The molecule has 1 aromatic rings. The van der Waals surface area contributed by atoms with Gasteiger partial charge in [-0.15, -0.1) is 0 Å². The lowest BCUT2D eigenvalue weighted by atomic mass is 10.3. The van der Waals surface area contributed by atoms with Crippen LogP contribution in [-0.2, 0) is 0 Å². The van der Waals surface area contributed by atoms with Gasteiger partial charge in [0.05, 0.1) is 5.02 Å². The van der Waals surface area contributed by atoms with E-state index >= 15 is 0 Å². The van der Waals surface area contributed by atoms with Crippen LogP contribution in [0.4, 0.5) is 0 Å². The van der Waals surface area contributed by atoms with Crippen LogP contribution in [0.25, 0.3) is 0 Å². The van der Waals surface area contributed by atoms with Crippen molar-refractivity contribution in [1.29, 1.82) is 0 Å². The molecule has 1 unspecified atom stereocenters. The fraction of sp³-hybridized carbons (Fsp3) is 0.600. The zero-order valence-electron chi connectivity index (χ0n) is 12.5. The molecule has 1 atom stereocenters. The van der Waals surface area contributed by atoms with Crippen LogP contribution in [0.2, 0.25) is 10.0 Å². The zero-order valence-corrected chi connectivity index (χ0v) is 14.0. The van der Waals surface area contributed by atoms with Crippen molar-refractivity contribution in [3.8, 4) is 5.75 Å². The van der Waals surface area contributed by atoms with Crippen LogP contribution in [0, 0.1) is 0 Å². The molecule has 0 amide bonds. The normalized spacial score (nSPS) is 12.7. The Morgan fingerprint density at radius 3 is 2.55 bits per heavy atom. The Bertz CT molecular complexity index is 397. The first-order valence-corrected chi connectivity index (χ1v) is 7.87. The Labute approximate surface area is 132 Å². The molecule has 3 nitrogen and oxygen atoms in total. The van der Waals surface area contributed by atoms with E-state index in [0.29, 0.717) is 15.8 Å². The average Bonchev–Trinajstić information content (AvgIpc) is 2.42. The second kappa shape index (κ2) is 9.46. The van der Waals surface area contributed by atoms with Gasteiger partial charge in [0, 0.05) is 24.7 Å². The van der Waals surface area contributed by atoms with E-state index in [-0.39, 0.29) is 6.10 Å². The highest BCUT2D eigenvalue weighted by Gasteiger charge is 2.08. The molecule has 0 aromatic heterocycles. The first kappa shape index (κ1) is 17.6. The summed E-state index contributed by atoms with van der Waals surface area (Å²) in [5.41, 5.74) is 0. The maximum atomic E-state index is 6.08. The molecule has 0 fully saturated rings. The number of ether oxygens (including phenoxy) is 1. The minimum absolute atomic E-state index is 0.0605. The Balaban J connectivity index is 2.28. The molecule has 0 aliphatic heterocycles. The molecule has 0 bridgehead atoms. The standard InChI is InChI=1S/C15H24Cl2N2O/c1-4-19(5-2)9-8-18-11-12(3)20-15-7-6-13(16)10-14(15)17/h6-7,10,12,18H,4-5,8-9,11H2,1-3H3. The van der Waals surface area contributed by atoms with Crippen molar-refractivity contribution in [2.45, 2.75) is 26.9 Å². The van der Waals surface area contributed by atoms with Crippen LogP contribution >= 0.6 is 23.2 Å². The Kier molecular flexibility index (Phi) is 8.31. The molecule has 1 aromatic carbocycles. The van der Waals surface area contributed by atoms with Crippen LogP contribution in [0.5, 0.6) is 5.75 Å². The minimum atomic E-state index is 0.0605. The number of likely N-dealkylation sites (N-methyl/N-ethyl adjacent to an activating group) is 1. The van der Waals surface area contributed by atoms with E-state index in [2.05, 4.69) is 24.1 Å². The van der Waals surface area contributed by atoms with Crippen molar-refractivity contribution in [2.24, 2.45) is 0 Å². The maximum Gasteiger partial charge on any atom is 0.138 e. The Morgan fingerprint density at radius 2 is 1.95 bits per heavy atom. The predicted molar refractivity (Wildman–Crippen MR) is 87.2 cm³/mol. The molecular weight excluding hydrogens is 295 g/mol. The first-order valence-electron chi connectivity index (χ1n) is 7.11. The molecule has 0 radical (unpaired) electrons. The molecule has 5 heteroatoms. The van der Waals surface area contributed by atoms with Gasteiger partial charge in [-0.3, -0.25) is 0 Å². The Hall–Kier alpha value is -0.480. The molecule has 20 heavy (non-hydrogen) atoms. The van der Waals surface area contributed by atoms with E-state index in [4.69, 9.17) is 27.9 Å². The van der Waals surface area contributed by atoms with Gasteiger partial charge in [-0.2, -0.15) is 0 Å². The highest BCUT2D eigenvalue weighted by atomic mass is 35.5. The topological polar surface area (TPSA) is 24.5 Å². The van der Waals surface area contributed by atoms with E-state index in [1.54, 1.807) is 18.2 Å². The number of benzene rings is 1. The summed E-state index contributed by atoms with van der Waals surface area (Å²) in [6.07, 6.45) is 0.0605. The van der Waals surface area contributed by atoms with E-state index in [9.17, 15) is 0 Å². The van der Waals surface area contributed by atoms with E-state index in [1.165, 1.54) is 0 Å². The molecule has 0 spiro atoms. The molecular formula is C15H24Cl2N2O. The van der Waals surface area contributed by atoms with Gasteiger partial charge < -0.3 is 15.0 Å². The number of hydrogen-bond acceptors (Lipinski definition) is 3. The molecule has 0 aliphatic rings. The number of nitrogens with zero attached hydrogens (tertiary/aromatic N) is 1. The zero-order chi connectivity index (χ0) is 15.0. The third kappa shape index (κ3) is 6.31. The highest BCUT2D eigenvalue weighted by molar-refractivity contribution is 6.35. The third-order valence-electron chi connectivity index (χ3n) is 3.15. The van der Waals surface area contributed by atoms with Gasteiger partial charge in [0.2, 0.25) is 0 Å². The summed E-state index contributed by atoms with van der Waals surface area (Å²) in [5.74, 6) is 0.675. The van der Waals surface area contributed by atoms with Gasteiger partial charge >= 0.3 is 0 Å². The predicted octanol–water partition coefficient (Wildman–Crippen LogP) is 3.69. The summed E-state index contributed by atoms with van der Waals surface area (Å²) < 4.78 is 5.79. The van der Waals surface area contributed by atoms with Gasteiger partial charge in [0.25, 0.3) is 0 Å². The largest absolute Gasteiger partial charge is 0.488 e. The number of nitrogens with one attached hydrogen (secondary N) is 1. The fourth-order valence-electron chi connectivity index (χ4n) is 1.91. The maximum absolute atomic E-state index is 6.08. The SMILES string of the molecule is CCN(CC)CCNCC(C)Oc1ccc(Cl)cc1Cl. The smallest absolute Gasteiger partial charge is 0.138 e. The van der Waals surface area contributed by atoms with Gasteiger partial charge in [0.15, 0.2) is 0 Å². The number of hydrogen-bond donors (Lipinski definition) is 1. The lowest BCUT2D eigenvalue weighted by Crippen LogP contribution is -2.36. The van der Waals surface area contributed by atoms with Crippen molar-refractivity contribution in [3.05, 3.63) is 28.2 Å². The summed E-state index contributed by atoms with van der Waals surface area (Å²) in [7, 11) is 0. The van der Waals surface area contributed by atoms with E-state index in [1.807, 2.05) is 6.92 Å². The third-order valence-corrected chi connectivity index (χ3v) is 3.68. The summed E-state index contributed by atoms with van der Waals surface area (Å²) in [5, 5.41) is 4.57. The molecule has 0 heterocycles. The summed E-state index contributed by atoms with van der Waals surface area (Å²) in [6, 6.07) is 5.28. The number of rotatable bonds is 9. The minimum Gasteiger partial charge on any atom is -0.488 e. The van der Waals surface area contributed by atoms with Gasteiger partial charge in [-0.25, -0.2) is 0 Å². The Morgan fingerprint density at radius 1 is 1.25 bits per heavy atom. The van der Waals surface area contributed by atoms with Crippen molar-refractivity contribution < 1.29 is 4.74 Å². The number of halogens is 2. The van der Waals surface area contributed by atoms with Crippen LogP contribution in [0.3, 0.4) is 0 Å². The monoisotopic (exact) mass is 318 g/mol. The quantitative estimate of drug-likeness (QED) is 0.703. The van der Waals surface area contributed by atoms with E-state index in [0.717, 1.165) is 32.7 Å². The fourth-order valence-corrected chi connectivity index (χ4v) is 2.36. The second-order valence-electron chi connectivity index (χ2n) is 4.73. The van der Waals surface area contributed by atoms with Crippen molar-refractivity contribution in [1.82, 2.24) is 10.2 Å². The summed E-state index contributed by atoms with van der Waals surface area (Å²) >= 11 is 11.9. The average molecular weight is 319 g/mol. The molecule has 1 N–H and O–H groups in total. The molecule has 114 valence electrons. The molecule has 0 saturated heterocycles. The van der Waals surface area contributed by atoms with Crippen molar-refractivity contribution in [2.75, 3.05) is 32.7 Å². The molecule has 0 saturated carbocycles. The van der Waals surface area contributed by atoms with Crippen molar-refractivity contribution >= 4 is 23.2 Å². The lowest BCUT2D eigenvalue weighted by Gasteiger charge is -2.20. The first-order chi connectivity index (χ1) is 9.56. The van der Waals surface area contributed by atoms with E-state index < -0.39 is 0 Å². The lowest BCUT2D eigenvalue weighted by molar-refractivity contribution is 0.213.